The first-order valence-corrected chi connectivity index (χ1v) is 9.32. The lowest BCUT2D eigenvalue weighted by Crippen LogP contribution is -3.14. The number of amides is 1. The van der Waals surface area contributed by atoms with E-state index in [0.717, 1.165) is 44.8 Å². The van der Waals surface area contributed by atoms with E-state index in [1.807, 2.05) is 30.3 Å². The van der Waals surface area contributed by atoms with Crippen LogP contribution in [-0.4, -0.2) is 45.3 Å². The number of hydrogen-bond donors (Lipinski definition) is 2. The summed E-state index contributed by atoms with van der Waals surface area (Å²) in [4.78, 5) is 13.7. The smallest absolute Gasteiger partial charge is 0.261 e. The second-order valence-corrected chi connectivity index (χ2v) is 7.76. The van der Waals surface area contributed by atoms with Gasteiger partial charge in [-0.3, -0.25) is 4.79 Å². The van der Waals surface area contributed by atoms with Crippen LogP contribution in [0.25, 0.3) is 6.08 Å². The summed E-state index contributed by atoms with van der Waals surface area (Å²) in [5.41, 5.74) is 2.32. The largest absolute Gasteiger partial charge is 0.370 e. The standard InChI is InChI=1S/C21H29N3O2/c1-21(2,3)19-7-5-17(6-8-19)15-18(16-22)20(25)23-9-4-10-24-11-13-26-14-12-24/h5-8,15H,4,9-14H2,1-3H3,(H,23,25)/p+1/b18-15-. The number of nitrogens with zero attached hydrogens (tertiary/aromatic N) is 1. The summed E-state index contributed by atoms with van der Waals surface area (Å²) in [6, 6.07) is 10.0. The molecule has 0 aromatic heterocycles. The average molecular weight is 356 g/mol. The molecule has 0 aliphatic carbocycles. The van der Waals surface area contributed by atoms with Crippen LogP contribution in [0.15, 0.2) is 29.8 Å². The molecule has 1 fully saturated rings. The average Bonchev–Trinajstić information content (AvgIpc) is 2.63. The lowest BCUT2D eigenvalue weighted by atomic mass is 9.86. The maximum atomic E-state index is 12.2. The van der Waals surface area contributed by atoms with Crippen LogP contribution >= 0.6 is 0 Å². The molecular formula is C21H30N3O2+. The van der Waals surface area contributed by atoms with Gasteiger partial charge in [0.2, 0.25) is 0 Å². The van der Waals surface area contributed by atoms with Crippen LogP contribution in [0.5, 0.6) is 0 Å². The minimum Gasteiger partial charge on any atom is -0.370 e. The lowest BCUT2D eigenvalue weighted by Gasteiger charge is -2.23. The second kappa shape index (κ2) is 9.51. The van der Waals surface area contributed by atoms with Gasteiger partial charge in [-0.1, -0.05) is 45.0 Å². The molecular weight excluding hydrogens is 326 g/mol. The summed E-state index contributed by atoms with van der Waals surface area (Å²) in [5, 5.41) is 12.2. The molecule has 1 heterocycles. The molecule has 0 unspecified atom stereocenters. The number of morpholine rings is 1. The van der Waals surface area contributed by atoms with Crippen LogP contribution in [0.3, 0.4) is 0 Å². The van der Waals surface area contributed by atoms with Gasteiger partial charge in [0, 0.05) is 13.0 Å². The molecule has 26 heavy (non-hydrogen) atoms. The number of nitriles is 1. The van der Waals surface area contributed by atoms with Gasteiger partial charge in [0.15, 0.2) is 0 Å². The molecule has 0 radical (unpaired) electrons. The molecule has 0 saturated carbocycles. The second-order valence-electron chi connectivity index (χ2n) is 7.76. The third-order valence-corrected chi connectivity index (χ3v) is 4.65. The van der Waals surface area contributed by atoms with Gasteiger partial charge in [-0.15, -0.1) is 0 Å². The Bertz CT molecular complexity index is 660. The van der Waals surface area contributed by atoms with Crippen LogP contribution in [0.4, 0.5) is 0 Å². The highest BCUT2D eigenvalue weighted by Crippen LogP contribution is 2.22. The van der Waals surface area contributed by atoms with Gasteiger partial charge < -0.3 is 15.0 Å². The monoisotopic (exact) mass is 356 g/mol. The van der Waals surface area contributed by atoms with Crippen molar-refractivity contribution in [3.8, 4) is 6.07 Å². The zero-order valence-corrected chi connectivity index (χ0v) is 16.1. The minimum atomic E-state index is -0.302. The van der Waals surface area contributed by atoms with Gasteiger partial charge in [0.05, 0.1) is 19.8 Å². The Hall–Kier alpha value is -2.16. The quantitative estimate of drug-likeness (QED) is 0.459. The van der Waals surface area contributed by atoms with Crippen LogP contribution in [-0.2, 0) is 14.9 Å². The third-order valence-electron chi connectivity index (χ3n) is 4.65. The summed E-state index contributed by atoms with van der Waals surface area (Å²) >= 11 is 0. The zero-order valence-electron chi connectivity index (χ0n) is 16.1. The van der Waals surface area contributed by atoms with Gasteiger partial charge in [-0.05, 0) is 22.6 Å². The number of hydrogen-bond acceptors (Lipinski definition) is 3. The number of benzene rings is 1. The van der Waals surface area contributed by atoms with E-state index in [2.05, 4.69) is 26.1 Å². The maximum absolute atomic E-state index is 12.2. The molecule has 1 aromatic rings. The molecule has 1 aliphatic heterocycles. The minimum absolute atomic E-state index is 0.0835. The van der Waals surface area contributed by atoms with Gasteiger partial charge in [-0.2, -0.15) is 5.26 Å². The highest BCUT2D eigenvalue weighted by molar-refractivity contribution is 6.01. The van der Waals surface area contributed by atoms with Crippen LogP contribution in [0.2, 0.25) is 0 Å². The Balaban J connectivity index is 1.85. The molecule has 1 saturated heterocycles. The molecule has 1 aliphatic rings. The topological polar surface area (TPSA) is 66.6 Å². The van der Waals surface area contributed by atoms with Crippen LogP contribution in [0, 0.1) is 11.3 Å². The first-order valence-electron chi connectivity index (χ1n) is 9.32. The molecule has 5 heteroatoms. The van der Waals surface area contributed by atoms with Crippen molar-refractivity contribution >= 4 is 12.0 Å². The van der Waals surface area contributed by atoms with Crippen molar-refractivity contribution in [2.24, 2.45) is 0 Å². The molecule has 0 spiro atoms. The van der Waals surface area contributed by atoms with E-state index >= 15 is 0 Å². The Kier molecular flexibility index (Phi) is 7.38. The highest BCUT2D eigenvalue weighted by atomic mass is 16.5. The Morgan fingerprint density at radius 2 is 1.92 bits per heavy atom. The van der Waals surface area contributed by atoms with E-state index in [4.69, 9.17) is 4.74 Å². The van der Waals surface area contributed by atoms with Crippen molar-refractivity contribution in [2.75, 3.05) is 39.4 Å². The first-order chi connectivity index (χ1) is 12.4. The molecule has 5 nitrogen and oxygen atoms in total. The van der Waals surface area contributed by atoms with Gasteiger partial charge >= 0.3 is 0 Å². The van der Waals surface area contributed by atoms with Crippen molar-refractivity contribution in [1.82, 2.24) is 5.32 Å². The first kappa shape index (κ1) is 20.2. The normalized spacial score (nSPS) is 16.2. The molecule has 0 bridgehead atoms. The number of carbonyl (C=O) groups excluding carboxylic acids is 1. The zero-order chi connectivity index (χ0) is 19.0. The maximum Gasteiger partial charge on any atom is 0.261 e. The molecule has 0 atom stereocenters. The van der Waals surface area contributed by atoms with Crippen molar-refractivity contribution < 1.29 is 14.4 Å². The highest BCUT2D eigenvalue weighted by Gasteiger charge is 2.15. The summed E-state index contributed by atoms with van der Waals surface area (Å²) in [6.45, 7) is 11.8. The Labute approximate surface area is 156 Å². The summed E-state index contributed by atoms with van der Waals surface area (Å²) in [5.74, 6) is -0.302. The summed E-state index contributed by atoms with van der Waals surface area (Å²) < 4.78 is 5.34. The number of rotatable bonds is 6. The Morgan fingerprint density at radius 1 is 1.27 bits per heavy atom. The van der Waals surface area contributed by atoms with E-state index in [-0.39, 0.29) is 16.9 Å². The SMILES string of the molecule is CC(C)(C)c1ccc(/C=C(/C#N)C(=O)NCCC[NH+]2CCOCC2)cc1. The summed E-state index contributed by atoms with van der Waals surface area (Å²) in [6.07, 6.45) is 2.55. The van der Waals surface area contributed by atoms with Crippen LogP contribution in [0.1, 0.15) is 38.3 Å². The van der Waals surface area contributed by atoms with Crippen molar-refractivity contribution in [3.63, 3.8) is 0 Å². The fourth-order valence-electron chi connectivity index (χ4n) is 2.94. The molecule has 140 valence electrons. The van der Waals surface area contributed by atoms with Crippen molar-refractivity contribution in [3.05, 3.63) is 41.0 Å². The van der Waals surface area contributed by atoms with Crippen LogP contribution < -0.4 is 10.2 Å². The predicted molar refractivity (Wildman–Crippen MR) is 103 cm³/mol. The third kappa shape index (κ3) is 6.29. The Morgan fingerprint density at radius 3 is 2.50 bits per heavy atom. The molecule has 1 aromatic carbocycles. The molecule has 2 rings (SSSR count). The van der Waals surface area contributed by atoms with Gasteiger partial charge in [-0.25, -0.2) is 0 Å². The van der Waals surface area contributed by atoms with E-state index in [1.54, 1.807) is 6.08 Å². The fourth-order valence-corrected chi connectivity index (χ4v) is 2.94. The number of ether oxygens (including phenoxy) is 1. The number of carbonyl (C=O) groups is 1. The van der Waals surface area contributed by atoms with E-state index < -0.39 is 0 Å². The lowest BCUT2D eigenvalue weighted by molar-refractivity contribution is -0.908. The fraction of sp³-hybridized carbons (Fsp3) is 0.524. The van der Waals surface area contributed by atoms with Crippen molar-refractivity contribution in [1.29, 1.82) is 5.26 Å². The number of quaternary nitrogens is 1. The van der Waals surface area contributed by atoms with Gasteiger partial charge in [0.1, 0.15) is 24.7 Å². The summed E-state index contributed by atoms with van der Waals surface area (Å²) in [7, 11) is 0. The van der Waals surface area contributed by atoms with Gasteiger partial charge in [0.25, 0.3) is 5.91 Å². The van der Waals surface area contributed by atoms with E-state index in [9.17, 15) is 10.1 Å². The predicted octanol–water partition coefficient (Wildman–Crippen LogP) is 1.31. The molecule has 2 N–H and O–H groups in total. The van der Waals surface area contributed by atoms with E-state index in [1.165, 1.54) is 10.5 Å². The molecule has 1 amide bonds. The number of nitrogens with one attached hydrogen (secondary N) is 2. The van der Waals surface area contributed by atoms with Crippen molar-refractivity contribution in [2.45, 2.75) is 32.6 Å². The van der Waals surface area contributed by atoms with E-state index in [0.29, 0.717) is 6.54 Å².